The van der Waals surface area contributed by atoms with Gasteiger partial charge in [0.15, 0.2) is 11.8 Å². The third-order valence-corrected chi connectivity index (χ3v) is 2.80. The van der Waals surface area contributed by atoms with Gasteiger partial charge in [-0.25, -0.2) is 9.78 Å². The van der Waals surface area contributed by atoms with E-state index in [0.29, 0.717) is 0 Å². The number of aliphatic hydroxyl groups is 1. The molecule has 5 nitrogen and oxygen atoms in total. The first-order valence-electron chi connectivity index (χ1n) is 4.86. The van der Waals surface area contributed by atoms with E-state index in [1.54, 1.807) is 0 Å². The maximum atomic E-state index is 12.5. The Hall–Kier alpha value is -1.61. The zero-order valence-electron chi connectivity index (χ0n) is 9.02. The molecule has 2 N–H and O–H groups in total. The van der Waals surface area contributed by atoms with Crippen molar-refractivity contribution < 1.29 is 28.2 Å². The summed E-state index contributed by atoms with van der Waals surface area (Å²) in [6, 6.07) is 1.05. The van der Waals surface area contributed by atoms with E-state index >= 15 is 0 Å². The number of imidazole rings is 1. The molecule has 102 valence electrons. The predicted octanol–water partition coefficient (Wildman–Crippen LogP) is 2.39. The topological polar surface area (TPSA) is 74.8 Å². The Morgan fingerprint density at radius 2 is 2.05 bits per heavy atom. The van der Waals surface area contributed by atoms with Gasteiger partial charge in [-0.05, 0) is 22.0 Å². The number of aliphatic hydroxyl groups excluding tert-OH is 1. The third kappa shape index (κ3) is 2.56. The average molecular weight is 339 g/mol. The van der Waals surface area contributed by atoms with Crippen molar-refractivity contribution in [1.82, 2.24) is 9.38 Å². The molecule has 2 aromatic heterocycles. The number of halogens is 4. The second kappa shape index (κ2) is 4.49. The number of aromatic nitrogens is 2. The number of nitrogens with zero attached hydrogens (tertiary/aromatic N) is 2. The highest BCUT2D eigenvalue weighted by Gasteiger charge is 2.41. The van der Waals surface area contributed by atoms with Gasteiger partial charge in [-0.15, -0.1) is 0 Å². The summed E-state index contributed by atoms with van der Waals surface area (Å²) in [5.41, 5.74) is -1.19. The van der Waals surface area contributed by atoms with Crippen LogP contribution in [-0.2, 0) is 0 Å². The monoisotopic (exact) mass is 338 g/mol. The molecule has 0 bridgehead atoms. The van der Waals surface area contributed by atoms with E-state index < -0.39 is 29.5 Å². The Kier molecular flexibility index (Phi) is 3.27. The lowest BCUT2D eigenvalue weighted by Crippen LogP contribution is -2.21. The van der Waals surface area contributed by atoms with Crippen molar-refractivity contribution in [3.63, 3.8) is 0 Å². The fraction of sp³-hybridized carbons (Fsp3) is 0.200. The van der Waals surface area contributed by atoms with Crippen LogP contribution in [0.4, 0.5) is 13.2 Å². The van der Waals surface area contributed by atoms with Gasteiger partial charge in [0.05, 0.1) is 0 Å². The van der Waals surface area contributed by atoms with E-state index in [4.69, 9.17) is 5.11 Å². The van der Waals surface area contributed by atoms with Gasteiger partial charge in [0.25, 0.3) is 0 Å². The maximum Gasteiger partial charge on any atom is 0.418 e. The lowest BCUT2D eigenvalue weighted by molar-refractivity contribution is -0.206. The van der Waals surface area contributed by atoms with Crippen LogP contribution in [0.1, 0.15) is 22.2 Å². The standard InChI is InChI=1S/C10H6BrF3N2O3/c11-4-1-5(7(17)10(12,13)14)8-15-6(9(18)19)3-16(8)2-4/h1-3,7,17H,(H,18,19). The third-order valence-electron chi connectivity index (χ3n) is 2.37. The molecule has 0 aliphatic rings. The molecule has 1 atom stereocenters. The molecule has 1 unspecified atom stereocenters. The zero-order chi connectivity index (χ0) is 14.4. The van der Waals surface area contributed by atoms with E-state index in [9.17, 15) is 23.1 Å². The summed E-state index contributed by atoms with van der Waals surface area (Å²) in [6.07, 6.45) is -5.19. The van der Waals surface area contributed by atoms with Crippen molar-refractivity contribution in [2.24, 2.45) is 0 Å². The molecule has 9 heteroatoms. The molecule has 0 saturated heterocycles. The number of rotatable bonds is 2. The Balaban J connectivity index is 2.69. The maximum absolute atomic E-state index is 12.5. The molecule has 2 heterocycles. The number of hydrogen-bond acceptors (Lipinski definition) is 3. The van der Waals surface area contributed by atoms with Crippen LogP contribution in [0.15, 0.2) is 22.9 Å². The normalized spacial score (nSPS) is 13.7. The number of carbonyl (C=O) groups is 1. The van der Waals surface area contributed by atoms with Crippen LogP contribution in [0.5, 0.6) is 0 Å². The molecule has 2 rings (SSSR count). The fourth-order valence-electron chi connectivity index (χ4n) is 1.57. The molecule has 0 aromatic carbocycles. The second-order valence-electron chi connectivity index (χ2n) is 3.72. The number of carboxylic acid groups (broad SMARTS) is 1. The number of hydrogen-bond donors (Lipinski definition) is 2. The predicted molar refractivity (Wildman–Crippen MR) is 60.9 cm³/mol. The van der Waals surface area contributed by atoms with E-state index in [-0.39, 0.29) is 10.1 Å². The van der Waals surface area contributed by atoms with Crippen molar-refractivity contribution >= 4 is 27.5 Å². The molecular formula is C10H6BrF3N2O3. The molecule has 2 aromatic rings. The summed E-state index contributed by atoms with van der Waals surface area (Å²) in [7, 11) is 0. The number of aromatic carboxylic acids is 1. The highest BCUT2D eigenvalue weighted by molar-refractivity contribution is 9.10. The molecule has 0 aliphatic heterocycles. The van der Waals surface area contributed by atoms with Crippen LogP contribution in [0.2, 0.25) is 0 Å². The molecule has 0 fully saturated rings. The van der Waals surface area contributed by atoms with E-state index in [2.05, 4.69) is 20.9 Å². The van der Waals surface area contributed by atoms with Crippen molar-refractivity contribution in [2.75, 3.05) is 0 Å². The van der Waals surface area contributed by atoms with Crippen LogP contribution in [0.3, 0.4) is 0 Å². The summed E-state index contributed by atoms with van der Waals surface area (Å²) in [5.74, 6) is -1.37. The van der Waals surface area contributed by atoms with Crippen LogP contribution in [0, 0.1) is 0 Å². The lowest BCUT2D eigenvalue weighted by atomic mass is 10.1. The van der Waals surface area contributed by atoms with Crippen molar-refractivity contribution in [3.05, 3.63) is 34.2 Å². The van der Waals surface area contributed by atoms with Crippen LogP contribution < -0.4 is 0 Å². The second-order valence-corrected chi connectivity index (χ2v) is 4.64. The first kappa shape index (κ1) is 13.8. The SMILES string of the molecule is O=C(O)c1cn2cc(Br)cc(C(O)C(F)(F)F)c2n1. The molecule has 0 radical (unpaired) electrons. The fourth-order valence-corrected chi connectivity index (χ4v) is 2.04. The molecule has 0 spiro atoms. The summed E-state index contributed by atoms with van der Waals surface area (Å²) in [4.78, 5) is 14.3. The summed E-state index contributed by atoms with van der Waals surface area (Å²) >= 11 is 2.99. The van der Waals surface area contributed by atoms with Gasteiger partial charge in [0.1, 0.15) is 5.65 Å². The number of alkyl halides is 3. The number of fused-ring (bicyclic) bond motifs is 1. The van der Waals surface area contributed by atoms with Gasteiger partial charge in [-0.1, -0.05) is 0 Å². The lowest BCUT2D eigenvalue weighted by Gasteiger charge is -2.15. The Labute approximate surface area is 112 Å². The van der Waals surface area contributed by atoms with Crippen LogP contribution in [0.25, 0.3) is 5.65 Å². The summed E-state index contributed by atoms with van der Waals surface area (Å²) in [6.45, 7) is 0. The van der Waals surface area contributed by atoms with E-state index in [1.165, 1.54) is 6.20 Å². The molecule has 19 heavy (non-hydrogen) atoms. The Bertz CT molecular complexity index is 653. The number of carboxylic acids is 1. The van der Waals surface area contributed by atoms with Gasteiger partial charge >= 0.3 is 12.1 Å². The Morgan fingerprint density at radius 3 is 2.58 bits per heavy atom. The van der Waals surface area contributed by atoms with Gasteiger partial charge in [-0.2, -0.15) is 13.2 Å². The highest BCUT2D eigenvalue weighted by atomic mass is 79.9. The minimum absolute atomic E-state index is 0.257. The highest BCUT2D eigenvalue weighted by Crippen LogP contribution is 2.35. The van der Waals surface area contributed by atoms with Gasteiger partial charge in [0, 0.05) is 22.4 Å². The van der Waals surface area contributed by atoms with Crippen LogP contribution >= 0.6 is 15.9 Å². The minimum Gasteiger partial charge on any atom is -0.476 e. The van der Waals surface area contributed by atoms with Crippen LogP contribution in [-0.4, -0.2) is 31.7 Å². The Morgan fingerprint density at radius 1 is 1.42 bits per heavy atom. The molecule has 0 aliphatic carbocycles. The zero-order valence-corrected chi connectivity index (χ0v) is 10.6. The first-order chi connectivity index (χ1) is 8.70. The van der Waals surface area contributed by atoms with Crippen molar-refractivity contribution in [2.45, 2.75) is 12.3 Å². The summed E-state index contributed by atoms with van der Waals surface area (Å²) < 4.78 is 39.0. The first-order valence-corrected chi connectivity index (χ1v) is 5.65. The average Bonchev–Trinajstić information content (AvgIpc) is 2.69. The summed E-state index contributed by atoms with van der Waals surface area (Å²) in [5, 5.41) is 18.1. The van der Waals surface area contributed by atoms with E-state index in [0.717, 1.165) is 16.7 Å². The smallest absolute Gasteiger partial charge is 0.418 e. The van der Waals surface area contributed by atoms with Gasteiger partial charge in [0.2, 0.25) is 0 Å². The quantitative estimate of drug-likeness (QED) is 0.881. The number of pyridine rings is 1. The van der Waals surface area contributed by atoms with Gasteiger partial charge < -0.3 is 14.6 Å². The van der Waals surface area contributed by atoms with Gasteiger partial charge in [-0.3, -0.25) is 0 Å². The molecule has 0 saturated carbocycles. The largest absolute Gasteiger partial charge is 0.476 e. The molecular weight excluding hydrogens is 333 g/mol. The van der Waals surface area contributed by atoms with Crippen molar-refractivity contribution in [1.29, 1.82) is 0 Å². The van der Waals surface area contributed by atoms with Crippen molar-refractivity contribution in [3.8, 4) is 0 Å². The van der Waals surface area contributed by atoms with E-state index in [1.807, 2.05) is 0 Å². The molecule has 0 amide bonds. The minimum atomic E-state index is -4.86.